The molecule has 2 aromatic rings. The SMILES string of the molecule is O=C(Nc1ccc(F)cc1)C1CCCN(S(=O)(=O)c2ccccc2)C1. The minimum atomic E-state index is -3.60. The number of anilines is 1. The third kappa shape index (κ3) is 4.05. The molecule has 1 amide bonds. The van der Waals surface area contributed by atoms with E-state index in [9.17, 15) is 17.6 Å². The fourth-order valence-corrected chi connectivity index (χ4v) is 4.44. The molecule has 0 spiro atoms. The number of piperidine rings is 1. The number of nitrogens with one attached hydrogen (secondary N) is 1. The van der Waals surface area contributed by atoms with E-state index < -0.39 is 15.9 Å². The summed E-state index contributed by atoms with van der Waals surface area (Å²) >= 11 is 0. The van der Waals surface area contributed by atoms with Gasteiger partial charge in [0.25, 0.3) is 0 Å². The number of amides is 1. The Labute approximate surface area is 146 Å². The van der Waals surface area contributed by atoms with Crippen molar-refractivity contribution in [3.05, 3.63) is 60.4 Å². The number of sulfonamides is 1. The molecule has 0 bridgehead atoms. The van der Waals surface area contributed by atoms with E-state index in [-0.39, 0.29) is 23.2 Å². The molecule has 0 aliphatic carbocycles. The van der Waals surface area contributed by atoms with Crippen LogP contribution in [0.25, 0.3) is 0 Å². The predicted octanol–water partition coefficient (Wildman–Crippen LogP) is 2.87. The highest BCUT2D eigenvalue weighted by atomic mass is 32.2. The number of rotatable bonds is 4. The molecule has 2 aromatic carbocycles. The van der Waals surface area contributed by atoms with Gasteiger partial charge < -0.3 is 5.32 Å². The monoisotopic (exact) mass is 362 g/mol. The topological polar surface area (TPSA) is 66.5 Å². The van der Waals surface area contributed by atoms with Crippen molar-refractivity contribution in [1.82, 2.24) is 4.31 Å². The quantitative estimate of drug-likeness (QED) is 0.909. The minimum Gasteiger partial charge on any atom is -0.326 e. The number of hydrogen-bond acceptors (Lipinski definition) is 3. The van der Waals surface area contributed by atoms with Crippen LogP contribution in [0.4, 0.5) is 10.1 Å². The largest absolute Gasteiger partial charge is 0.326 e. The maximum atomic E-state index is 12.9. The van der Waals surface area contributed by atoms with E-state index in [1.807, 2.05) is 0 Å². The van der Waals surface area contributed by atoms with Gasteiger partial charge in [-0.05, 0) is 49.2 Å². The zero-order valence-corrected chi connectivity index (χ0v) is 14.4. The van der Waals surface area contributed by atoms with E-state index in [0.717, 1.165) is 0 Å². The first kappa shape index (κ1) is 17.6. The minimum absolute atomic E-state index is 0.143. The Kier molecular flexibility index (Phi) is 5.15. The van der Waals surface area contributed by atoms with Crippen LogP contribution in [0.5, 0.6) is 0 Å². The first-order valence-corrected chi connectivity index (χ1v) is 9.52. The van der Waals surface area contributed by atoms with Crippen LogP contribution in [-0.2, 0) is 14.8 Å². The van der Waals surface area contributed by atoms with Crippen LogP contribution >= 0.6 is 0 Å². The summed E-state index contributed by atoms with van der Waals surface area (Å²) in [7, 11) is -3.60. The first-order chi connectivity index (χ1) is 12.0. The van der Waals surface area contributed by atoms with Crippen molar-refractivity contribution in [2.75, 3.05) is 18.4 Å². The Balaban J connectivity index is 1.70. The van der Waals surface area contributed by atoms with Crippen molar-refractivity contribution in [2.45, 2.75) is 17.7 Å². The molecular formula is C18H19FN2O3S. The lowest BCUT2D eigenvalue weighted by atomic mass is 9.99. The average molecular weight is 362 g/mol. The van der Waals surface area contributed by atoms with Gasteiger partial charge in [-0.3, -0.25) is 4.79 Å². The maximum Gasteiger partial charge on any atom is 0.243 e. The van der Waals surface area contributed by atoms with E-state index in [1.165, 1.54) is 28.6 Å². The van der Waals surface area contributed by atoms with Gasteiger partial charge >= 0.3 is 0 Å². The zero-order chi connectivity index (χ0) is 17.9. The fourth-order valence-electron chi connectivity index (χ4n) is 2.89. The van der Waals surface area contributed by atoms with Gasteiger partial charge in [0.2, 0.25) is 15.9 Å². The van der Waals surface area contributed by atoms with Gasteiger partial charge in [-0.15, -0.1) is 0 Å². The van der Waals surface area contributed by atoms with E-state index >= 15 is 0 Å². The molecule has 3 rings (SSSR count). The molecule has 7 heteroatoms. The number of halogens is 1. The van der Waals surface area contributed by atoms with Crippen LogP contribution in [0.15, 0.2) is 59.5 Å². The van der Waals surface area contributed by atoms with Gasteiger partial charge in [0, 0.05) is 18.8 Å². The molecule has 0 saturated carbocycles. The van der Waals surface area contributed by atoms with Gasteiger partial charge in [-0.1, -0.05) is 18.2 Å². The van der Waals surface area contributed by atoms with Crippen LogP contribution in [0.2, 0.25) is 0 Å². The summed E-state index contributed by atoms with van der Waals surface area (Å²) in [5, 5.41) is 2.72. The normalized spacial score (nSPS) is 18.7. The molecule has 1 aliphatic rings. The van der Waals surface area contributed by atoms with E-state index in [2.05, 4.69) is 5.32 Å². The van der Waals surface area contributed by atoms with E-state index in [4.69, 9.17) is 0 Å². The molecule has 1 atom stereocenters. The molecule has 1 unspecified atom stereocenters. The smallest absolute Gasteiger partial charge is 0.243 e. The molecule has 1 aliphatic heterocycles. The second-order valence-electron chi connectivity index (χ2n) is 6.01. The molecule has 132 valence electrons. The summed E-state index contributed by atoms with van der Waals surface area (Å²) < 4.78 is 39.7. The summed E-state index contributed by atoms with van der Waals surface area (Å²) in [6.45, 7) is 0.543. The lowest BCUT2D eigenvalue weighted by Crippen LogP contribution is -2.43. The molecule has 1 heterocycles. The van der Waals surface area contributed by atoms with Gasteiger partial charge in [-0.2, -0.15) is 4.31 Å². The zero-order valence-electron chi connectivity index (χ0n) is 13.6. The molecule has 0 radical (unpaired) electrons. The van der Waals surface area contributed by atoms with Crippen molar-refractivity contribution in [1.29, 1.82) is 0 Å². The summed E-state index contributed by atoms with van der Waals surface area (Å²) in [5.41, 5.74) is 0.495. The Morgan fingerprint density at radius 1 is 1.08 bits per heavy atom. The van der Waals surface area contributed by atoms with Crippen molar-refractivity contribution in [3.8, 4) is 0 Å². The Hall–Kier alpha value is -2.25. The molecule has 25 heavy (non-hydrogen) atoms. The second-order valence-corrected chi connectivity index (χ2v) is 7.95. The highest BCUT2D eigenvalue weighted by molar-refractivity contribution is 7.89. The molecule has 1 saturated heterocycles. The predicted molar refractivity (Wildman–Crippen MR) is 93.0 cm³/mol. The van der Waals surface area contributed by atoms with E-state index in [1.54, 1.807) is 30.3 Å². The third-order valence-electron chi connectivity index (χ3n) is 4.25. The van der Waals surface area contributed by atoms with Crippen molar-refractivity contribution < 1.29 is 17.6 Å². The van der Waals surface area contributed by atoms with Gasteiger partial charge in [0.1, 0.15) is 5.82 Å². The molecule has 5 nitrogen and oxygen atoms in total. The van der Waals surface area contributed by atoms with Crippen molar-refractivity contribution in [3.63, 3.8) is 0 Å². The maximum absolute atomic E-state index is 12.9. The van der Waals surface area contributed by atoms with Gasteiger partial charge in [0.15, 0.2) is 0 Å². The van der Waals surface area contributed by atoms with Crippen LogP contribution in [-0.4, -0.2) is 31.7 Å². The first-order valence-electron chi connectivity index (χ1n) is 8.08. The van der Waals surface area contributed by atoms with Gasteiger partial charge in [-0.25, -0.2) is 12.8 Å². The standard InChI is InChI=1S/C18H19FN2O3S/c19-15-8-10-16(11-9-15)20-18(22)14-5-4-12-21(13-14)25(23,24)17-6-2-1-3-7-17/h1-3,6-11,14H,4-5,12-13H2,(H,20,22). The second kappa shape index (κ2) is 7.33. The third-order valence-corrected chi connectivity index (χ3v) is 6.13. The lowest BCUT2D eigenvalue weighted by Gasteiger charge is -2.31. The Bertz CT molecular complexity index is 838. The molecule has 1 N–H and O–H groups in total. The molecular weight excluding hydrogens is 343 g/mol. The van der Waals surface area contributed by atoms with Crippen LogP contribution in [0, 0.1) is 11.7 Å². The number of carbonyl (C=O) groups excluding carboxylic acids is 1. The molecule has 1 fully saturated rings. The number of carbonyl (C=O) groups is 1. The number of hydrogen-bond donors (Lipinski definition) is 1. The fraction of sp³-hybridized carbons (Fsp3) is 0.278. The van der Waals surface area contributed by atoms with Crippen molar-refractivity contribution >= 4 is 21.6 Å². The average Bonchev–Trinajstić information content (AvgIpc) is 2.64. The van der Waals surface area contributed by atoms with Crippen LogP contribution in [0.3, 0.4) is 0 Å². The van der Waals surface area contributed by atoms with Crippen LogP contribution < -0.4 is 5.32 Å². The summed E-state index contributed by atoms with van der Waals surface area (Å²) in [5.74, 6) is -1.06. The lowest BCUT2D eigenvalue weighted by molar-refractivity contribution is -0.120. The number of nitrogens with zero attached hydrogens (tertiary/aromatic N) is 1. The number of benzene rings is 2. The summed E-state index contributed by atoms with van der Waals surface area (Å²) in [6, 6.07) is 13.7. The van der Waals surface area contributed by atoms with E-state index in [0.29, 0.717) is 25.1 Å². The highest BCUT2D eigenvalue weighted by Gasteiger charge is 2.33. The van der Waals surface area contributed by atoms with Gasteiger partial charge in [0.05, 0.1) is 10.8 Å². The summed E-state index contributed by atoms with van der Waals surface area (Å²) in [4.78, 5) is 12.7. The molecule has 0 aromatic heterocycles. The summed E-state index contributed by atoms with van der Waals surface area (Å²) in [6.07, 6.45) is 1.24. The Morgan fingerprint density at radius 3 is 2.44 bits per heavy atom. The highest BCUT2D eigenvalue weighted by Crippen LogP contribution is 2.24. The van der Waals surface area contributed by atoms with Crippen molar-refractivity contribution in [2.24, 2.45) is 5.92 Å². The van der Waals surface area contributed by atoms with Crippen LogP contribution in [0.1, 0.15) is 12.8 Å². The Morgan fingerprint density at radius 2 is 1.76 bits per heavy atom.